The fourth-order valence-corrected chi connectivity index (χ4v) is 3.38. The Labute approximate surface area is 161 Å². The first-order valence-corrected chi connectivity index (χ1v) is 9.05. The van der Waals surface area contributed by atoms with Gasteiger partial charge in [0.2, 0.25) is 0 Å². The summed E-state index contributed by atoms with van der Waals surface area (Å²) in [7, 11) is 0. The number of nitrogens with zero attached hydrogens (tertiary/aromatic N) is 1. The summed E-state index contributed by atoms with van der Waals surface area (Å²) in [5.74, 6) is -2.15. The largest absolute Gasteiger partial charge is 0.306 e. The molecule has 4 rings (SSSR count). The van der Waals surface area contributed by atoms with Crippen LogP contribution in [0.4, 0.5) is 14.6 Å². The van der Waals surface area contributed by atoms with E-state index in [1.165, 1.54) is 11.5 Å². The van der Waals surface area contributed by atoms with Crippen LogP contribution in [-0.2, 0) is 4.79 Å². The number of carbonyl (C=O) groups excluding carboxylic acids is 1. The molecular weight excluding hydrogens is 358 g/mol. The second-order valence-electron chi connectivity index (χ2n) is 6.77. The smallest absolute Gasteiger partial charge is 0.262 e. The first-order valence-electron chi connectivity index (χ1n) is 9.05. The van der Waals surface area contributed by atoms with Crippen LogP contribution >= 0.6 is 0 Å². The summed E-state index contributed by atoms with van der Waals surface area (Å²) in [6.45, 7) is 2.03. The summed E-state index contributed by atoms with van der Waals surface area (Å²) in [6, 6.07) is 15.8. The van der Waals surface area contributed by atoms with Crippen LogP contribution in [0, 0.1) is 6.92 Å². The molecule has 1 aromatic heterocycles. The number of nitrogens with one attached hydrogen (secondary N) is 1. The Morgan fingerprint density at radius 1 is 1.07 bits per heavy atom. The molecule has 0 spiro atoms. The van der Waals surface area contributed by atoms with Crippen molar-refractivity contribution in [2.75, 3.05) is 5.32 Å². The van der Waals surface area contributed by atoms with Gasteiger partial charge in [-0.1, -0.05) is 30.3 Å². The molecule has 0 aliphatic heterocycles. The van der Waals surface area contributed by atoms with E-state index in [9.17, 15) is 13.6 Å². The first kappa shape index (κ1) is 18.0. The summed E-state index contributed by atoms with van der Waals surface area (Å²) in [5, 5.41) is 4.76. The molecule has 1 amide bonds. The van der Waals surface area contributed by atoms with Crippen molar-refractivity contribution in [3.05, 3.63) is 83.6 Å². The van der Waals surface area contributed by atoms with E-state index >= 15 is 0 Å². The van der Waals surface area contributed by atoms with Gasteiger partial charge in [-0.2, -0.15) is 0 Å². The Kier molecular flexibility index (Phi) is 4.74. The Bertz CT molecular complexity index is 1130. The Morgan fingerprint density at radius 2 is 1.82 bits per heavy atom. The number of hydrogen-bond acceptors (Lipinski definition) is 2. The van der Waals surface area contributed by atoms with Gasteiger partial charge < -0.3 is 5.32 Å². The number of halogens is 2. The van der Waals surface area contributed by atoms with Crippen LogP contribution < -0.4 is 5.32 Å². The van der Waals surface area contributed by atoms with Crippen molar-refractivity contribution in [1.29, 1.82) is 0 Å². The molecule has 1 heterocycles. The molecule has 0 saturated heterocycles. The third-order valence-corrected chi connectivity index (χ3v) is 4.83. The van der Waals surface area contributed by atoms with Crippen LogP contribution in [0.25, 0.3) is 21.9 Å². The second kappa shape index (κ2) is 7.35. The van der Waals surface area contributed by atoms with Crippen molar-refractivity contribution in [3.63, 3.8) is 0 Å². The molecule has 3 nitrogen and oxygen atoms in total. The van der Waals surface area contributed by atoms with E-state index in [2.05, 4.69) is 34.6 Å². The molecule has 0 fully saturated rings. The second-order valence-corrected chi connectivity index (χ2v) is 6.77. The zero-order chi connectivity index (χ0) is 19.7. The van der Waals surface area contributed by atoms with Crippen LogP contribution in [0.15, 0.2) is 78.0 Å². The van der Waals surface area contributed by atoms with Crippen molar-refractivity contribution in [3.8, 4) is 11.1 Å². The van der Waals surface area contributed by atoms with Gasteiger partial charge in [-0.05, 0) is 59.5 Å². The number of allylic oxidation sites excluding steroid dienone is 2. The molecule has 28 heavy (non-hydrogen) atoms. The number of fused-ring (bicyclic) bond motifs is 1. The molecule has 0 bridgehead atoms. The maximum atomic E-state index is 13.8. The van der Waals surface area contributed by atoms with Gasteiger partial charge >= 0.3 is 0 Å². The quantitative estimate of drug-likeness (QED) is 0.607. The molecule has 0 atom stereocenters. The highest BCUT2D eigenvalue weighted by Crippen LogP contribution is 2.30. The van der Waals surface area contributed by atoms with Crippen LogP contribution in [0.1, 0.15) is 18.4 Å². The molecule has 140 valence electrons. The number of carbonyl (C=O) groups is 1. The number of aromatic nitrogens is 1. The minimum Gasteiger partial charge on any atom is -0.306 e. The molecule has 0 unspecified atom stereocenters. The summed E-state index contributed by atoms with van der Waals surface area (Å²) in [4.78, 5) is 16.5. The van der Waals surface area contributed by atoms with Crippen LogP contribution in [0.5, 0.6) is 0 Å². The minimum atomic E-state index is -0.829. The molecule has 0 radical (unpaired) electrons. The molecule has 1 N–H and O–H groups in total. The average Bonchev–Trinajstić information content (AvgIpc) is 2.68. The Hall–Kier alpha value is -3.34. The monoisotopic (exact) mass is 376 g/mol. The van der Waals surface area contributed by atoms with Gasteiger partial charge in [0, 0.05) is 18.2 Å². The fourth-order valence-electron chi connectivity index (χ4n) is 3.38. The van der Waals surface area contributed by atoms with Crippen LogP contribution in [0.3, 0.4) is 0 Å². The lowest BCUT2D eigenvalue weighted by Crippen LogP contribution is -2.18. The van der Waals surface area contributed by atoms with E-state index < -0.39 is 23.1 Å². The van der Waals surface area contributed by atoms with Crippen molar-refractivity contribution < 1.29 is 13.6 Å². The number of amides is 1. The predicted molar refractivity (Wildman–Crippen MR) is 107 cm³/mol. The highest BCUT2D eigenvalue weighted by Gasteiger charge is 2.23. The Morgan fingerprint density at radius 3 is 2.50 bits per heavy atom. The predicted octanol–water partition coefficient (Wildman–Crippen LogP) is 6.02. The van der Waals surface area contributed by atoms with E-state index in [4.69, 9.17) is 0 Å². The van der Waals surface area contributed by atoms with Crippen molar-refractivity contribution in [1.82, 2.24) is 4.98 Å². The zero-order valence-electron chi connectivity index (χ0n) is 15.3. The summed E-state index contributed by atoms with van der Waals surface area (Å²) < 4.78 is 27.6. The fraction of sp³-hybridized carbons (Fsp3) is 0.130. The summed E-state index contributed by atoms with van der Waals surface area (Å²) in [5.41, 5.74) is 2.51. The SMILES string of the molecule is Cc1cc2ccccc2cc1-c1ccc(NC(=O)C2=C(F)CCC=C2F)nc1. The highest BCUT2D eigenvalue weighted by molar-refractivity contribution is 6.06. The summed E-state index contributed by atoms with van der Waals surface area (Å²) in [6.07, 6.45) is 3.15. The van der Waals surface area contributed by atoms with Crippen molar-refractivity contribution in [2.24, 2.45) is 0 Å². The number of hydrogen-bond donors (Lipinski definition) is 1. The molecule has 1 aliphatic carbocycles. The van der Waals surface area contributed by atoms with E-state index in [0.29, 0.717) is 0 Å². The van der Waals surface area contributed by atoms with Crippen molar-refractivity contribution in [2.45, 2.75) is 19.8 Å². The van der Waals surface area contributed by atoms with Gasteiger partial charge in [-0.3, -0.25) is 4.79 Å². The lowest BCUT2D eigenvalue weighted by molar-refractivity contribution is -0.112. The van der Waals surface area contributed by atoms with E-state index in [-0.39, 0.29) is 18.7 Å². The lowest BCUT2D eigenvalue weighted by Gasteiger charge is -2.12. The third-order valence-electron chi connectivity index (χ3n) is 4.83. The highest BCUT2D eigenvalue weighted by atomic mass is 19.1. The van der Waals surface area contributed by atoms with Gasteiger partial charge in [0.25, 0.3) is 5.91 Å². The van der Waals surface area contributed by atoms with E-state index in [0.717, 1.165) is 22.1 Å². The van der Waals surface area contributed by atoms with Gasteiger partial charge in [-0.15, -0.1) is 0 Å². The third kappa shape index (κ3) is 3.43. The molecule has 1 aliphatic rings. The van der Waals surface area contributed by atoms with Crippen LogP contribution in [-0.4, -0.2) is 10.9 Å². The zero-order valence-corrected chi connectivity index (χ0v) is 15.3. The Balaban J connectivity index is 1.59. The molecule has 0 saturated carbocycles. The maximum Gasteiger partial charge on any atom is 0.262 e. The van der Waals surface area contributed by atoms with Crippen LogP contribution in [0.2, 0.25) is 0 Å². The molecular formula is C23H18F2N2O. The van der Waals surface area contributed by atoms with Gasteiger partial charge in [0.05, 0.1) is 0 Å². The van der Waals surface area contributed by atoms with Crippen molar-refractivity contribution >= 4 is 22.5 Å². The minimum absolute atomic E-state index is 0.0315. The number of benzene rings is 2. The topological polar surface area (TPSA) is 42.0 Å². The normalized spacial score (nSPS) is 14.2. The number of anilines is 1. The van der Waals surface area contributed by atoms with E-state index in [1.807, 2.05) is 25.1 Å². The average molecular weight is 376 g/mol. The molecule has 2 aromatic carbocycles. The lowest BCUT2D eigenvalue weighted by atomic mass is 9.97. The number of rotatable bonds is 3. The maximum absolute atomic E-state index is 13.8. The number of aryl methyl sites for hydroxylation is 1. The first-order chi connectivity index (χ1) is 13.5. The van der Waals surface area contributed by atoms with E-state index in [1.54, 1.807) is 12.3 Å². The van der Waals surface area contributed by atoms with Gasteiger partial charge in [-0.25, -0.2) is 13.8 Å². The van der Waals surface area contributed by atoms with Gasteiger partial charge in [0.15, 0.2) is 0 Å². The number of pyridine rings is 1. The standard InChI is InChI=1S/C23H18F2N2O/c1-14-11-15-5-2-3-6-16(15)12-18(14)17-9-10-21(26-13-17)27-23(28)22-19(24)7-4-8-20(22)25/h2-3,5-7,9-13H,4,8H2,1H3,(H,26,27,28). The molecule has 3 aromatic rings. The summed E-state index contributed by atoms with van der Waals surface area (Å²) >= 11 is 0. The van der Waals surface area contributed by atoms with Gasteiger partial charge in [0.1, 0.15) is 23.0 Å². The molecule has 5 heteroatoms.